The van der Waals surface area contributed by atoms with Crippen LogP contribution in [0.15, 0.2) is 0 Å². The fraction of sp³-hybridized carbons (Fsp3) is 0.909. The number of piperidine rings is 1. The van der Waals surface area contributed by atoms with Gasteiger partial charge in [-0.2, -0.15) is 0 Å². The molecule has 1 heterocycles. The number of nitrogens with two attached hydrogens (primary N) is 1. The summed E-state index contributed by atoms with van der Waals surface area (Å²) in [5, 5.41) is 9.47. The number of aliphatic hydroxyl groups is 1. The lowest BCUT2D eigenvalue weighted by molar-refractivity contribution is 0.0700. The van der Waals surface area contributed by atoms with Crippen LogP contribution in [0.3, 0.4) is 0 Å². The average molecular weight is 230 g/mol. The smallest absolute Gasteiger partial charge is 0.0768 e. The molecule has 3 N–H and O–H groups in total. The zero-order valence-corrected chi connectivity index (χ0v) is 10.5. The Kier molecular flexibility index (Phi) is 4.96. The summed E-state index contributed by atoms with van der Waals surface area (Å²) in [6.45, 7) is 7.04. The number of nitrogens with zero attached hydrogens (tertiary/aromatic N) is 1. The molecule has 4 heteroatoms. The van der Waals surface area contributed by atoms with Crippen LogP contribution < -0.4 is 5.73 Å². The molecule has 3 nitrogen and oxygen atoms in total. The Bertz CT molecular complexity index is 213. The highest BCUT2D eigenvalue weighted by atomic mass is 32.1. The molecule has 0 aromatic carbocycles. The van der Waals surface area contributed by atoms with E-state index in [2.05, 4.69) is 11.8 Å². The minimum Gasteiger partial charge on any atom is -0.393 e. The Hall–Kier alpha value is -0.190. The van der Waals surface area contributed by atoms with Crippen LogP contribution in [0.25, 0.3) is 0 Å². The zero-order valence-electron chi connectivity index (χ0n) is 9.65. The van der Waals surface area contributed by atoms with E-state index in [1.807, 2.05) is 6.92 Å². The number of hydrogen-bond acceptors (Lipinski definition) is 3. The van der Waals surface area contributed by atoms with Crippen LogP contribution in [0.4, 0.5) is 0 Å². The minimum atomic E-state index is -0.167. The second-order valence-corrected chi connectivity index (χ2v) is 5.15. The van der Waals surface area contributed by atoms with Gasteiger partial charge in [-0.05, 0) is 38.8 Å². The minimum absolute atomic E-state index is 0.167. The van der Waals surface area contributed by atoms with Crippen molar-refractivity contribution < 1.29 is 5.11 Å². The maximum absolute atomic E-state index is 9.47. The van der Waals surface area contributed by atoms with Crippen molar-refractivity contribution in [2.24, 2.45) is 17.6 Å². The fourth-order valence-electron chi connectivity index (χ4n) is 2.10. The van der Waals surface area contributed by atoms with Crippen molar-refractivity contribution >= 4 is 17.2 Å². The highest BCUT2D eigenvalue weighted by Crippen LogP contribution is 2.21. The molecule has 0 aromatic rings. The standard InChI is InChI=1S/C11H22N2OS/c1-8(11(12)15)7-13-5-3-10(4-6-13)9(2)14/h8-10,14H,3-7H2,1-2H3,(H2,12,15). The van der Waals surface area contributed by atoms with Gasteiger partial charge in [0, 0.05) is 12.5 Å². The van der Waals surface area contributed by atoms with Gasteiger partial charge in [-0.3, -0.25) is 0 Å². The van der Waals surface area contributed by atoms with Gasteiger partial charge in [0.2, 0.25) is 0 Å². The van der Waals surface area contributed by atoms with Gasteiger partial charge in [0.1, 0.15) is 0 Å². The quantitative estimate of drug-likeness (QED) is 0.708. The van der Waals surface area contributed by atoms with E-state index in [0.29, 0.717) is 16.8 Å². The second kappa shape index (κ2) is 5.77. The van der Waals surface area contributed by atoms with Crippen LogP contribution in [-0.4, -0.2) is 40.7 Å². The van der Waals surface area contributed by atoms with E-state index in [1.165, 1.54) is 0 Å². The highest BCUT2D eigenvalue weighted by molar-refractivity contribution is 7.80. The van der Waals surface area contributed by atoms with Gasteiger partial charge in [-0.15, -0.1) is 0 Å². The molecule has 2 atom stereocenters. The summed E-state index contributed by atoms with van der Waals surface area (Å²) in [4.78, 5) is 3.00. The summed E-state index contributed by atoms with van der Waals surface area (Å²) in [5.74, 6) is 0.768. The summed E-state index contributed by atoms with van der Waals surface area (Å²) < 4.78 is 0. The van der Waals surface area contributed by atoms with Crippen LogP contribution in [-0.2, 0) is 0 Å². The molecule has 1 aliphatic rings. The number of hydrogen-bond donors (Lipinski definition) is 2. The van der Waals surface area contributed by atoms with E-state index in [4.69, 9.17) is 18.0 Å². The first-order valence-corrected chi connectivity index (χ1v) is 6.11. The Labute approximate surface area is 97.6 Å². The van der Waals surface area contributed by atoms with Crippen molar-refractivity contribution in [1.29, 1.82) is 0 Å². The summed E-state index contributed by atoms with van der Waals surface area (Å²) in [7, 11) is 0. The fourth-order valence-corrected chi connectivity index (χ4v) is 2.17. The Morgan fingerprint density at radius 3 is 2.40 bits per heavy atom. The van der Waals surface area contributed by atoms with Gasteiger partial charge in [0.15, 0.2) is 0 Å². The molecule has 1 aliphatic heterocycles. The van der Waals surface area contributed by atoms with Crippen molar-refractivity contribution in [2.45, 2.75) is 32.8 Å². The molecular weight excluding hydrogens is 208 g/mol. The van der Waals surface area contributed by atoms with Crippen LogP contribution in [0.5, 0.6) is 0 Å². The molecule has 15 heavy (non-hydrogen) atoms. The van der Waals surface area contributed by atoms with Crippen LogP contribution in [0.2, 0.25) is 0 Å². The summed E-state index contributed by atoms with van der Waals surface area (Å²) in [6.07, 6.45) is 2.00. The van der Waals surface area contributed by atoms with Crippen molar-refractivity contribution in [3.8, 4) is 0 Å². The van der Waals surface area contributed by atoms with Gasteiger partial charge in [-0.25, -0.2) is 0 Å². The number of likely N-dealkylation sites (tertiary alicyclic amines) is 1. The molecule has 0 aromatic heterocycles. The molecule has 0 aliphatic carbocycles. The predicted octanol–water partition coefficient (Wildman–Crippen LogP) is 1.00. The van der Waals surface area contributed by atoms with E-state index in [0.717, 1.165) is 32.5 Å². The molecule has 0 bridgehead atoms. The molecule has 0 saturated carbocycles. The van der Waals surface area contributed by atoms with Crippen LogP contribution in [0.1, 0.15) is 26.7 Å². The lowest BCUT2D eigenvalue weighted by Gasteiger charge is -2.34. The number of thiocarbonyl (C=S) groups is 1. The molecule has 88 valence electrons. The number of rotatable bonds is 4. The average Bonchev–Trinajstić information content (AvgIpc) is 2.18. The third-order valence-electron chi connectivity index (χ3n) is 3.33. The topological polar surface area (TPSA) is 49.5 Å². The Morgan fingerprint density at radius 2 is 2.00 bits per heavy atom. The Morgan fingerprint density at radius 1 is 1.47 bits per heavy atom. The van der Waals surface area contributed by atoms with Gasteiger partial charge in [0.05, 0.1) is 11.1 Å². The largest absolute Gasteiger partial charge is 0.393 e. The predicted molar refractivity (Wildman–Crippen MR) is 66.8 cm³/mol. The third-order valence-corrected chi connectivity index (χ3v) is 3.73. The van der Waals surface area contributed by atoms with E-state index in [1.54, 1.807) is 0 Å². The van der Waals surface area contributed by atoms with Gasteiger partial charge in [-0.1, -0.05) is 19.1 Å². The molecular formula is C11H22N2OS. The normalized spacial score (nSPS) is 23.7. The molecule has 0 amide bonds. The molecule has 1 fully saturated rings. The molecule has 2 unspecified atom stereocenters. The molecule has 1 saturated heterocycles. The first kappa shape index (κ1) is 12.9. The van der Waals surface area contributed by atoms with Gasteiger partial charge in [0.25, 0.3) is 0 Å². The van der Waals surface area contributed by atoms with Gasteiger partial charge < -0.3 is 15.7 Å². The van der Waals surface area contributed by atoms with Crippen molar-refractivity contribution in [3.05, 3.63) is 0 Å². The zero-order chi connectivity index (χ0) is 11.4. The van der Waals surface area contributed by atoms with Crippen molar-refractivity contribution in [1.82, 2.24) is 4.90 Å². The van der Waals surface area contributed by atoms with E-state index >= 15 is 0 Å². The van der Waals surface area contributed by atoms with E-state index < -0.39 is 0 Å². The maximum atomic E-state index is 9.47. The molecule has 0 radical (unpaired) electrons. The van der Waals surface area contributed by atoms with E-state index in [-0.39, 0.29) is 6.10 Å². The first-order chi connectivity index (χ1) is 7.00. The van der Waals surface area contributed by atoms with E-state index in [9.17, 15) is 5.11 Å². The monoisotopic (exact) mass is 230 g/mol. The summed E-state index contributed by atoms with van der Waals surface area (Å²) in [6, 6.07) is 0. The second-order valence-electron chi connectivity index (χ2n) is 4.68. The lowest BCUT2D eigenvalue weighted by atomic mass is 9.92. The third kappa shape index (κ3) is 4.05. The van der Waals surface area contributed by atoms with Crippen molar-refractivity contribution in [3.63, 3.8) is 0 Å². The van der Waals surface area contributed by atoms with Crippen molar-refractivity contribution in [2.75, 3.05) is 19.6 Å². The first-order valence-electron chi connectivity index (χ1n) is 5.70. The summed E-state index contributed by atoms with van der Waals surface area (Å²) in [5.41, 5.74) is 5.59. The lowest BCUT2D eigenvalue weighted by Crippen LogP contribution is -2.41. The molecule has 0 spiro atoms. The highest BCUT2D eigenvalue weighted by Gasteiger charge is 2.23. The maximum Gasteiger partial charge on any atom is 0.0768 e. The van der Waals surface area contributed by atoms with Crippen LogP contribution >= 0.6 is 12.2 Å². The Balaban J connectivity index is 2.28. The summed E-state index contributed by atoms with van der Waals surface area (Å²) >= 11 is 4.96. The van der Waals surface area contributed by atoms with Crippen LogP contribution in [0, 0.1) is 11.8 Å². The number of aliphatic hydroxyl groups excluding tert-OH is 1. The molecule has 1 rings (SSSR count). The SMILES string of the molecule is CC(CN1CCC(C(C)O)CC1)C(N)=S. The van der Waals surface area contributed by atoms with Gasteiger partial charge >= 0.3 is 0 Å².